The van der Waals surface area contributed by atoms with Crippen molar-refractivity contribution in [3.05, 3.63) is 11.8 Å². The van der Waals surface area contributed by atoms with Gasteiger partial charge in [-0.15, -0.1) is 0 Å². The third-order valence-electron chi connectivity index (χ3n) is 3.35. The maximum Gasteiger partial charge on any atom is 0.417 e. The van der Waals surface area contributed by atoms with Gasteiger partial charge in [-0.2, -0.15) is 0 Å². The van der Waals surface area contributed by atoms with Crippen molar-refractivity contribution < 1.29 is 28.7 Å². The molecule has 0 radical (unpaired) electrons. The smallest absolute Gasteiger partial charge is 0.417 e. The lowest BCUT2D eigenvalue weighted by Crippen LogP contribution is -2.47. The van der Waals surface area contributed by atoms with E-state index in [-0.39, 0.29) is 13.0 Å². The van der Waals surface area contributed by atoms with Crippen molar-refractivity contribution in [3.63, 3.8) is 0 Å². The number of esters is 1. The molecule has 0 N–H and O–H groups in total. The Hall–Kier alpha value is -2.38. The molecule has 2 heterocycles. The average molecular weight is 282 g/mol. The van der Waals surface area contributed by atoms with Crippen LogP contribution in [-0.2, 0) is 23.9 Å². The number of likely N-dealkylation sites (N-methyl/N-ethyl adjacent to an activating group) is 2. The third kappa shape index (κ3) is 1.75. The van der Waals surface area contributed by atoms with Crippen molar-refractivity contribution in [2.24, 2.45) is 0 Å². The molecule has 0 unspecified atom stereocenters. The van der Waals surface area contributed by atoms with Gasteiger partial charge in [-0.1, -0.05) is 0 Å². The summed E-state index contributed by atoms with van der Waals surface area (Å²) in [4.78, 5) is 49.2. The second-order valence-corrected chi connectivity index (χ2v) is 4.44. The summed E-state index contributed by atoms with van der Waals surface area (Å²) in [6, 6.07) is 0. The standard InChI is InChI=1S/C12H14N2O6/c1-4-14-7(5-8(15)19-3)6-12(10(14)17)9(16)13(2)11(18)20-12/h5H,4,6H2,1-3H3/b7-5+/t12-/m0/s1. The molecular formula is C12H14N2O6. The molecular weight excluding hydrogens is 268 g/mol. The fourth-order valence-corrected chi connectivity index (χ4v) is 2.31. The van der Waals surface area contributed by atoms with Gasteiger partial charge in [0.1, 0.15) is 0 Å². The molecule has 0 bridgehead atoms. The van der Waals surface area contributed by atoms with Crippen LogP contribution >= 0.6 is 0 Å². The summed E-state index contributed by atoms with van der Waals surface area (Å²) in [7, 11) is 2.45. The van der Waals surface area contributed by atoms with Crippen molar-refractivity contribution in [1.82, 2.24) is 9.80 Å². The molecule has 2 aliphatic rings. The van der Waals surface area contributed by atoms with Crippen LogP contribution in [0.2, 0.25) is 0 Å². The van der Waals surface area contributed by atoms with Gasteiger partial charge in [-0.05, 0) is 6.92 Å². The normalized spacial score (nSPS) is 27.8. The maximum atomic E-state index is 12.4. The molecule has 2 aliphatic heterocycles. The van der Waals surface area contributed by atoms with E-state index in [4.69, 9.17) is 4.74 Å². The second kappa shape index (κ2) is 4.62. The van der Waals surface area contributed by atoms with Crippen LogP contribution in [0.25, 0.3) is 0 Å². The molecule has 0 aromatic rings. The molecule has 2 fully saturated rings. The van der Waals surface area contributed by atoms with Crippen molar-refractivity contribution in [2.75, 3.05) is 20.7 Å². The summed E-state index contributed by atoms with van der Waals surface area (Å²) in [5, 5.41) is 0. The Bertz CT molecular complexity index is 540. The SMILES string of the molecule is CCN1C(=O)[C@@]2(C/C1=C\C(=O)OC)OC(=O)N(C)C2=O. The number of carbonyl (C=O) groups is 4. The minimum atomic E-state index is -1.87. The highest BCUT2D eigenvalue weighted by molar-refractivity contribution is 6.18. The Morgan fingerprint density at radius 1 is 1.40 bits per heavy atom. The van der Waals surface area contributed by atoms with Gasteiger partial charge in [0.2, 0.25) is 0 Å². The second-order valence-electron chi connectivity index (χ2n) is 4.44. The first-order chi connectivity index (χ1) is 9.37. The number of ether oxygens (including phenoxy) is 2. The van der Waals surface area contributed by atoms with Gasteiger partial charge in [0.05, 0.1) is 7.11 Å². The fraction of sp³-hybridized carbons (Fsp3) is 0.500. The Balaban J connectivity index is 2.43. The molecule has 0 saturated carbocycles. The first kappa shape index (κ1) is 14.0. The number of hydrogen-bond acceptors (Lipinski definition) is 6. The fourth-order valence-electron chi connectivity index (χ4n) is 2.31. The molecule has 20 heavy (non-hydrogen) atoms. The van der Waals surface area contributed by atoms with E-state index >= 15 is 0 Å². The molecule has 3 amide bonds. The van der Waals surface area contributed by atoms with E-state index in [1.165, 1.54) is 19.1 Å². The van der Waals surface area contributed by atoms with E-state index in [9.17, 15) is 19.2 Å². The lowest BCUT2D eigenvalue weighted by atomic mass is 10.0. The van der Waals surface area contributed by atoms with Crippen molar-refractivity contribution >= 4 is 23.9 Å². The van der Waals surface area contributed by atoms with Gasteiger partial charge in [0.25, 0.3) is 17.4 Å². The zero-order chi connectivity index (χ0) is 15.1. The summed E-state index contributed by atoms with van der Waals surface area (Å²) in [6.45, 7) is 1.94. The molecule has 0 aliphatic carbocycles. The van der Waals surface area contributed by atoms with Crippen molar-refractivity contribution in [1.29, 1.82) is 0 Å². The van der Waals surface area contributed by atoms with Crippen molar-refractivity contribution in [2.45, 2.75) is 18.9 Å². The summed E-state index contributed by atoms with van der Waals surface area (Å²) in [6.07, 6.45) is 0.0814. The molecule has 108 valence electrons. The minimum Gasteiger partial charge on any atom is -0.466 e. The Kier molecular flexibility index (Phi) is 3.24. The third-order valence-corrected chi connectivity index (χ3v) is 3.35. The average Bonchev–Trinajstić information content (AvgIpc) is 2.80. The number of rotatable bonds is 2. The lowest BCUT2D eigenvalue weighted by Gasteiger charge is -2.17. The lowest BCUT2D eigenvalue weighted by molar-refractivity contribution is -0.150. The van der Waals surface area contributed by atoms with Crippen LogP contribution in [0, 0.1) is 0 Å². The van der Waals surface area contributed by atoms with Gasteiger partial charge in [0, 0.05) is 31.8 Å². The molecule has 1 atom stereocenters. The van der Waals surface area contributed by atoms with E-state index in [1.54, 1.807) is 6.92 Å². The molecule has 2 rings (SSSR count). The quantitative estimate of drug-likeness (QED) is 0.390. The molecule has 0 aromatic carbocycles. The number of likely N-dealkylation sites (tertiary alicyclic amines) is 1. The van der Waals surface area contributed by atoms with Crippen LogP contribution in [-0.4, -0.2) is 60.0 Å². The highest BCUT2D eigenvalue weighted by atomic mass is 16.6. The number of nitrogens with zero attached hydrogens (tertiary/aromatic N) is 2. The first-order valence-corrected chi connectivity index (χ1v) is 5.99. The predicted molar refractivity (Wildman–Crippen MR) is 64.1 cm³/mol. The molecule has 0 aromatic heterocycles. The van der Waals surface area contributed by atoms with E-state index in [0.717, 1.165) is 11.0 Å². The molecule has 2 saturated heterocycles. The zero-order valence-electron chi connectivity index (χ0n) is 11.3. The van der Waals surface area contributed by atoms with Gasteiger partial charge in [0.15, 0.2) is 0 Å². The highest BCUT2D eigenvalue weighted by Crippen LogP contribution is 2.39. The first-order valence-electron chi connectivity index (χ1n) is 5.99. The molecule has 1 spiro atoms. The highest BCUT2D eigenvalue weighted by Gasteiger charge is 2.64. The number of amides is 3. The summed E-state index contributed by atoms with van der Waals surface area (Å²) in [5.41, 5.74) is -1.58. The predicted octanol–water partition coefficient (Wildman–Crippen LogP) is -0.357. The number of hydrogen-bond donors (Lipinski definition) is 0. The van der Waals surface area contributed by atoms with E-state index in [2.05, 4.69) is 4.74 Å². The van der Waals surface area contributed by atoms with Gasteiger partial charge in [-0.25, -0.2) is 14.5 Å². The van der Waals surface area contributed by atoms with Crippen molar-refractivity contribution in [3.8, 4) is 0 Å². The monoisotopic (exact) mass is 282 g/mol. The maximum absolute atomic E-state index is 12.4. The summed E-state index contributed by atoms with van der Waals surface area (Å²) in [5.74, 6) is -2.01. The Morgan fingerprint density at radius 2 is 2.05 bits per heavy atom. The topological polar surface area (TPSA) is 93.2 Å². The number of methoxy groups -OCH3 is 1. The van der Waals surface area contributed by atoms with Crippen LogP contribution in [0.15, 0.2) is 11.8 Å². The summed E-state index contributed by atoms with van der Waals surface area (Å²) < 4.78 is 9.48. The Labute approximate surface area is 114 Å². The molecule has 8 heteroatoms. The van der Waals surface area contributed by atoms with Gasteiger partial charge in [-0.3, -0.25) is 9.59 Å². The van der Waals surface area contributed by atoms with Crippen LogP contribution < -0.4 is 0 Å². The summed E-state index contributed by atoms with van der Waals surface area (Å²) >= 11 is 0. The largest absolute Gasteiger partial charge is 0.466 e. The van der Waals surface area contributed by atoms with E-state index < -0.39 is 29.5 Å². The Morgan fingerprint density at radius 3 is 2.50 bits per heavy atom. The van der Waals surface area contributed by atoms with Gasteiger partial charge >= 0.3 is 12.1 Å². The van der Waals surface area contributed by atoms with E-state index in [0.29, 0.717) is 5.70 Å². The molecule has 8 nitrogen and oxygen atoms in total. The van der Waals surface area contributed by atoms with Gasteiger partial charge < -0.3 is 14.4 Å². The van der Waals surface area contributed by atoms with Crippen LogP contribution in [0.3, 0.4) is 0 Å². The van der Waals surface area contributed by atoms with E-state index in [1.807, 2.05) is 0 Å². The number of carbonyl (C=O) groups excluding carboxylic acids is 4. The van der Waals surface area contributed by atoms with Crippen LogP contribution in [0.1, 0.15) is 13.3 Å². The van der Waals surface area contributed by atoms with Crippen LogP contribution in [0.4, 0.5) is 4.79 Å². The van der Waals surface area contributed by atoms with Crippen LogP contribution in [0.5, 0.6) is 0 Å². The number of imide groups is 1. The zero-order valence-corrected chi connectivity index (χ0v) is 11.3. The minimum absolute atomic E-state index is 0.163.